The molecule has 1 heterocycles. The molecule has 0 radical (unpaired) electrons. The summed E-state index contributed by atoms with van der Waals surface area (Å²) in [5.74, 6) is 0. The van der Waals surface area contributed by atoms with Crippen molar-refractivity contribution in [2.45, 2.75) is 19.4 Å². The van der Waals surface area contributed by atoms with E-state index < -0.39 is 11.0 Å². The van der Waals surface area contributed by atoms with Gasteiger partial charge in [-0.15, -0.1) is 5.10 Å². The number of aromatic nitrogens is 3. The fourth-order valence-corrected chi connectivity index (χ4v) is 1.49. The molecular formula is C11H12N4O3. The summed E-state index contributed by atoms with van der Waals surface area (Å²) in [5, 5.41) is 27.8. The highest BCUT2D eigenvalue weighted by Crippen LogP contribution is 2.17. The van der Waals surface area contributed by atoms with Crippen LogP contribution in [0.3, 0.4) is 0 Å². The van der Waals surface area contributed by atoms with E-state index in [-0.39, 0.29) is 5.69 Å². The molecule has 0 bridgehead atoms. The minimum atomic E-state index is -0.642. The van der Waals surface area contributed by atoms with Crippen molar-refractivity contribution in [2.24, 2.45) is 0 Å². The normalized spacial score (nSPS) is 12.3. The lowest BCUT2D eigenvalue weighted by molar-refractivity contribution is -0.384. The van der Waals surface area contributed by atoms with Gasteiger partial charge in [0, 0.05) is 12.1 Å². The third-order valence-electron chi connectivity index (χ3n) is 2.56. The van der Waals surface area contributed by atoms with Crippen LogP contribution >= 0.6 is 0 Å². The van der Waals surface area contributed by atoms with E-state index in [4.69, 9.17) is 0 Å². The molecule has 7 heteroatoms. The summed E-state index contributed by atoms with van der Waals surface area (Å²) in [6.45, 7) is 1.84. The third-order valence-corrected chi connectivity index (χ3v) is 2.56. The molecule has 2 aromatic rings. The first-order valence-corrected chi connectivity index (χ1v) is 5.47. The zero-order valence-electron chi connectivity index (χ0n) is 9.72. The molecule has 0 saturated carbocycles. The largest absolute Gasteiger partial charge is 0.387 e. The minimum Gasteiger partial charge on any atom is -0.387 e. The number of aliphatic hydroxyl groups excluding tert-OH is 1. The average Bonchev–Trinajstić information content (AvgIpc) is 2.87. The second-order valence-corrected chi connectivity index (χ2v) is 3.79. The maximum absolute atomic E-state index is 10.5. The van der Waals surface area contributed by atoms with E-state index in [0.29, 0.717) is 17.8 Å². The first-order chi connectivity index (χ1) is 8.61. The van der Waals surface area contributed by atoms with Gasteiger partial charge in [0.15, 0.2) is 0 Å². The molecule has 1 unspecified atom stereocenters. The number of nitro benzene ring substituents is 1. The Balaban J connectivity index is 2.26. The molecule has 94 valence electrons. The standard InChI is InChI=1S/C11H12N4O3/c1-2-11(16)10-7-14(13-12-10)8-3-5-9(6-4-8)15(17)18/h3-7,11,16H,2H2,1H3. The van der Waals surface area contributed by atoms with E-state index in [1.54, 1.807) is 18.3 Å². The van der Waals surface area contributed by atoms with Crippen molar-refractivity contribution in [3.05, 3.63) is 46.3 Å². The van der Waals surface area contributed by atoms with Gasteiger partial charge in [0.1, 0.15) is 5.69 Å². The Morgan fingerprint density at radius 2 is 2.11 bits per heavy atom. The highest BCUT2D eigenvalue weighted by molar-refractivity contribution is 5.40. The summed E-state index contributed by atoms with van der Waals surface area (Å²) in [7, 11) is 0. The van der Waals surface area contributed by atoms with E-state index in [9.17, 15) is 15.2 Å². The van der Waals surface area contributed by atoms with Crippen LogP contribution in [0.5, 0.6) is 0 Å². The monoisotopic (exact) mass is 248 g/mol. The Bertz CT molecular complexity index is 550. The van der Waals surface area contributed by atoms with Crippen LogP contribution in [-0.4, -0.2) is 25.0 Å². The van der Waals surface area contributed by atoms with Gasteiger partial charge in [-0.25, -0.2) is 4.68 Å². The van der Waals surface area contributed by atoms with Crippen LogP contribution in [-0.2, 0) is 0 Å². The second-order valence-electron chi connectivity index (χ2n) is 3.79. The van der Waals surface area contributed by atoms with Gasteiger partial charge in [0.25, 0.3) is 5.69 Å². The molecule has 18 heavy (non-hydrogen) atoms. The van der Waals surface area contributed by atoms with Crippen molar-refractivity contribution in [3.63, 3.8) is 0 Å². The number of nitro groups is 1. The fraction of sp³-hybridized carbons (Fsp3) is 0.273. The van der Waals surface area contributed by atoms with E-state index in [1.807, 2.05) is 6.92 Å². The predicted octanol–water partition coefficient (Wildman–Crippen LogP) is 1.62. The van der Waals surface area contributed by atoms with Crippen molar-refractivity contribution in [1.29, 1.82) is 0 Å². The van der Waals surface area contributed by atoms with Crippen LogP contribution in [0.25, 0.3) is 5.69 Å². The zero-order chi connectivity index (χ0) is 13.1. The predicted molar refractivity (Wildman–Crippen MR) is 63.3 cm³/mol. The summed E-state index contributed by atoms with van der Waals surface area (Å²) in [6, 6.07) is 5.95. The molecule has 0 aliphatic heterocycles. The van der Waals surface area contributed by atoms with Crippen molar-refractivity contribution in [3.8, 4) is 5.69 Å². The molecule has 0 amide bonds. The molecule has 0 spiro atoms. The van der Waals surface area contributed by atoms with Gasteiger partial charge < -0.3 is 5.11 Å². The summed E-state index contributed by atoms with van der Waals surface area (Å²) in [6.07, 6.45) is 1.52. The van der Waals surface area contributed by atoms with Crippen molar-refractivity contribution < 1.29 is 10.0 Å². The lowest BCUT2D eigenvalue weighted by Gasteiger charge is -2.01. The lowest BCUT2D eigenvalue weighted by atomic mass is 10.2. The minimum absolute atomic E-state index is 0.0210. The smallest absolute Gasteiger partial charge is 0.269 e. The molecule has 1 N–H and O–H groups in total. The number of rotatable bonds is 4. The fourth-order valence-electron chi connectivity index (χ4n) is 1.49. The molecule has 0 aliphatic rings. The van der Waals surface area contributed by atoms with Gasteiger partial charge in [-0.05, 0) is 18.6 Å². The zero-order valence-corrected chi connectivity index (χ0v) is 9.72. The van der Waals surface area contributed by atoms with E-state index >= 15 is 0 Å². The van der Waals surface area contributed by atoms with Crippen molar-refractivity contribution in [2.75, 3.05) is 0 Å². The van der Waals surface area contributed by atoms with Crippen LogP contribution in [0.1, 0.15) is 25.1 Å². The highest BCUT2D eigenvalue weighted by atomic mass is 16.6. The maximum Gasteiger partial charge on any atom is 0.269 e. The number of benzene rings is 1. The topological polar surface area (TPSA) is 94.1 Å². The van der Waals surface area contributed by atoms with Crippen LogP contribution < -0.4 is 0 Å². The molecule has 0 saturated heterocycles. The van der Waals surface area contributed by atoms with Crippen molar-refractivity contribution in [1.82, 2.24) is 15.0 Å². The van der Waals surface area contributed by atoms with Gasteiger partial charge in [-0.2, -0.15) is 0 Å². The molecule has 7 nitrogen and oxygen atoms in total. The summed E-state index contributed by atoms with van der Waals surface area (Å²) in [5.41, 5.74) is 1.16. The molecule has 0 fully saturated rings. The number of non-ortho nitro benzene ring substituents is 1. The lowest BCUT2D eigenvalue weighted by Crippen LogP contribution is -1.96. The average molecular weight is 248 g/mol. The molecular weight excluding hydrogens is 236 g/mol. The molecule has 1 aromatic carbocycles. The molecule has 1 aromatic heterocycles. The van der Waals surface area contributed by atoms with E-state index in [2.05, 4.69) is 10.3 Å². The van der Waals surface area contributed by atoms with E-state index in [0.717, 1.165) is 0 Å². The number of aliphatic hydroxyl groups is 1. The van der Waals surface area contributed by atoms with Crippen LogP contribution in [0.4, 0.5) is 5.69 Å². The number of hydrogen-bond donors (Lipinski definition) is 1. The Kier molecular flexibility index (Phi) is 3.33. The van der Waals surface area contributed by atoms with Crippen LogP contribution in [0.2, 0.25) is 0 Å². The Morgan fingerprint density at radius 3 is 2.67 bits per heavy atom. The van der Waals surface area contributed by atoms with E-state index in [1.165, 1.54) is 16.8 Å². The summed E-state index contributed by atoms with van der Waals surface area (Å²) < 4.78 is 1.47. The van der Waals surface area contributed by atoms with Gasteiger partial charge in [-0.3, -0.25) is 10.1 Å². The number of nitrogens with zero attached hydrogens (tertiary/aromatic N) is 4. The Morgan fingerprint density at radius 1 is 1.44 bits per heavy atom. The van der Waals surface area contributed by atoms with Gasteiger partial charge in [0.2, 0.25) is 0 Å². The van der Waals surface area contributed by atoms with Crippen LogP contribution in [0.15, 0.2) is 30.5 Å². The summed E-state index contributed by atoms with van der Waals surface area (Å²) in [4.78, 5) is 10.1. The highest BCUT2D eigenvalue weighted by Gasteiger charge is 2.11. The van der Waals surface area contributed by atoms with Gasteiger partial charge in [0.05, 0.1) is 22.9 Å². The summed E-state index contributed by atoms with van der Waals surface area (Å²) >= 11 is 0. The SMILES string of the molecule is CCC(O)c1cn(-c2ccc([N+](=O)[O-])cc2)nn1. The molecule has 1 atom stereocenters. The second kappa shape index (κ2) is 4.92. The first-order valence-electron chi connectivity index (χ1n) is 5.47. The Hall–Kier alpha value is -2.28. The quantitative estimate of drug-likeness (QED) is 0.655. The number of hydrogen-bond acceptors (Lipinski definition) is 5. The van der Waals surface area contributed by atoms with Gasteiger partial charge in [-0.1, -0.05) is 12.1 Å². The van der Waals surface area contributed by atoms with Gasteiger partial charge >= 0.3 is 0 Å². The molecule has 0 aliphatic carbocycles. The van der Waals surface area contributed by atoms with Crippen LogP contribution in [0, 0.1) is 10.1 Å². The third kappa shape index (κ3) is 2.35. The molecule has 2 rings (SSSR count). The first kappa shape index (κ1) is 12.2. The maximum atomic E-state index is 10.5. The Labute approximate surface area is 103 Å². The van der Waals surface area contributed by atoms with Crippen molar-refractivity contribution >= 4 is 5.69 Å².